The van der Waals surface area contributed by atoms with Crippen LogP contribution in [-0.2, 0) is 18.1 Å². The molecule has 0 atom stereocenters. The molecule has 4 fully saturated rings. The van der Waals surface area contributed by atoms with Gasteiger partial charge in [-0.25, -0.2) is 0 Å². The molecule has 0 aromatic rings. The minimum absolute atomic E-state index is 0.300. The summed E-state index contributed by atoms with van der Waals surface area (Å²) in [5.41, 5.74) is 6.62. The summed E-state index contributed by atoms with van der Waals surface area (Å²) in [5, 5.41) is 0. The van der Waals surface area contributed by atoms with Gasteiger partial charge in [0.15, 0.2) is 0 Å². The van der Waals surface area contributed by atoms with E-state index in [1.165, 1.54) is 38.5 Å². The van der Waals surface area contributed by atoms with E-state index in [2.05, 4.69) is 0 Å². The van der Waals surface area contributed by atoms with Crippen LogP contribution in [0.1, 0.15) is 38.5 Å². The second-order valence-corrected chi connectivity index (χ2v) is 7.75. The molecule has 4 aliphatic rings. The van der Waals surface area contributed by atoms with Crippen molar-refractivity contribution in [2.75, 3.05) is 0 Å². The van der Waals surface area contributed by atoms with Crippen LogP contribution >= 0.6 is 0 Å². The van der Waals surface area contributed by atoms with Gasteiger partial charge in [-0.3, -0.25) is 0 Å². The van der Waals surface area contributed by atoms with Crippen LogP contribution in [0, 0.1) is 17.8 Å². The fourth-order valence-corrected chi connectivity index (χ4v) is 4.18. The third kappa shape index (κ3) is 3.50. The zero-order valence-electron chi connectivity index (χ0n) is 9.34. The van der Waals surface area contributed by atoms with Crippen LogP contribution in [0.3, 0.4) is 0 Å². The van der Waals surface area contributed by atoms with E-state index in [4.69, 9.17) is 20.5 Å². The predicted octanol–water partition coefficient (Wildman–Crippen LogP) is -0.317. The van der Waals surface area contributed by atoms with Gasteiger partial charge < -0.3 is 5.73 Å². The van der Waals surface area contributed by atoms with Crippen molar-refractivity contribution in [2.24, 2.45) is 23.5 Å². The Morgan fingerprint density at radius 1 is 0.812 bits per heavy atom. The van der Waals surface area contributed by atoms with Crippen molar-refractivity contribution < 1.29 is 32.9 Å². The van der Waals surface area contributed by atoms with Crippen LogP contribution in [-0.4, -0.2) is 20.3 Å². The fourth-order valence-electron chi connectivity index (χ4n) is 4.18. The molecule has 4 saturated carbocycles. The Hall–Kier alpha value is 0.514. The monoisotopic (exact) mass is 267 g/mol. The van der Waals surface area contributed by atoms with Gasteiger partial charge in [-0.15, -0.1) is 0 Å². The van der Waals surface area contributed by atoms with Crippen molar-refractivity contribution in [3.63, 3.8) is 0 Å². The fraction of sp³-hybridized carbons (Fsp3) is 1.00. The maximum absolute atomic E-state index is 7.38. The first-order chi connectivity index (χ1) is 7.23. The molecule has 0 heterocycles. The first-order valence-electron chi connectivity index (χ1n) is 5.92. The zero-order valence-corrected chi connectivity index (χ0v) is 10.9. The topological polar surface area (TPSA) is 107 Å². The molecule has 0 aromatic heterocycles. The van der Waals surface area contributed by atoms with Crippen molar-refractivity contribution in [1.29, 1.82) is 0 Å². The molecule has 0 amide bonds. The van der Waals surface area contributed by atoms with Crippen LogP contribution in [0.5, 0.6) is 0 Å². The summed E-state index contributed by atoms with van der Waals surface area (Å²) in [5.74, 6) is 3.06. The Morgan fingerprint density at radius 3 is 1.25 bits per heavy atom. The summed E-state index contributed by atoms with van der Waals surface area (Å²) in [6.07, 6.45) is 8.57. The van der Waals surface area contributed by atoms with E-state index in [9.17, 15) is 0 Å². The van der Waals surface area contributed by atoms with Gasteiger partial charge in [-0.2, -0.15) is 0 Å². The van der Waals surface area contributed by atoms with Crippen molar-refractivity contribution in [1.82, 2.24) is 0 Å². The SMILES string of the molecule is NC12CC3CC(CC(C3)C1)C2.[OH][Ti]([OH])([OH])[OH]. The van der Waals surface area contributed by atoms with Gasteiger partial charge >= 0.3 is 32.9 Å². The van der Waals surface area contributed by atoms with Crippen LogP contribution in [0.4, 0.5) is 0 Å². The van der Waals surface area contributed by atoms with Crippen LogP contribution in [0.15, 0.2) is 0 Å². The van der Waals surface area contributed by atoms with E-state index in [-0.39, 0.29) is 0 Å². The first-order valence-corrected chi connectivity index (χ1v) is 8.71. The van der Waals surface area contributed by atoms with Crippen LogP contribution in [0.2, 0.25) is 0 Å². The summed E-state index contributed by atoms with van der Waals surface area (Å²) in [6, 6.07) is 0. The Kier molecular flexibility index (Phi) is 3.50. The third-order valence-electron chi connectivity index (χ3n) is 4.09. The Bertz CT molecular complexity index is 225. The van der Waals surface area contributed by atoms with E-state index >= 15 is 0 Å². The molecular formula is C10H21NO4Ti. The molecule has 6 N–H and O–H groups in total. The number of hydrogen-bond acceptors (Lipinski definition) is 5. The van der Waals surface area contributed by atoms with Crippen molar-refractivity contribution >= 4 is 0 Å². The van der Waals surface area contributed by atoms with Gasteiger partial charge in [0.25, 0.3) is 0 Å². The molecule has 0 unspecified atom stereocenters. The van der Waals surface area contributed by atoms with Gasteiger partial charge in [-0.05, 0) is 56.3 Å². The maximum atomic E-state index is 7.38. The molecule has 0 aliphatic heterocycles. The average Bonchev–Trinajstić information content (AvgIpc) is 1.93. The molecule has 6 heteroatoms. The summed E-state index contributed by atoms with van der Waals surface area (Å²) in [6.45, 7) is 0. The van der Waals surface area contributed by atoms with Gasteiger partial charge in [0.05, 0.1) is 0 Å². The number of rotatable bonds is 0. The second-order valence-electron chi connectivity index (χ2n) is 5.88. The zero-order chi connectivity index (χ0) is 12.0. The Balaban J connectivity index is 0.000000168. The molecule has 4 rings (SSSR count). The van der Waals surface area contributed by atoms with Crippen LogP contribution < -0.4 is 5.73 Å². The first kappa shape index (κ1) is 13.0. The molecule has 16 heavy (non-hydrogen) atoms. The molecule has 0 radical (unpaired) electrons. The van der Waals surface area contributed by atoms with E-state index in [0.717, 1.165) is 17.8 Å². The molecule has 4 bridgehead atoms. The van der Waals surface area contributed by atoms with Crippen LogP contribution in [0.25, 0.3) is 0 Å². The van der Waals surface area contributed by atoms with E-state index in [0.29, 0.717) is 5.54 Å². The van der Waals surface area contributed by atoms with E-state index < -0.39 is 18.1 Å². The van der Waals surface area contributed by atoms with Gasteiger partial charge in [-0.1, -0.05) is 0 Å². The molecule has 4 aliphatic carbocycles. The molecule has 94 valence electrons. The predicted molar refractivity (Wildman–Crippen MR) is 54.0 cm³/mol. The number of hydrogen-bond donors (Lipinski definition) is 5. The second kappa shape index (κ2) is 4.32. The molecule has 0 spiro atoms. The third-order valence-corrected chi connectivity index (χ3v) is 4.09. The van der Waals surface area contributed by atoms with Gasteiger partial charge in [0.1, 0.15) is 0 Å². The van der Waals surface area contributed by atoms with Crippen molar-refractivity contribution in [3.05, 3.63) is 0 Å². The van der Waals surface area contributed by atoms with Gasteiger partial charge in [0, 0.05) is 5.54 Å². The molecule has 0 aromatic carbocycles. The summed E-state index contributed by atoms with van der Waals surface area (Å²) in [4.78, 5) is 0. The molecule has 5 nitrogen and oxygen atoms in total. The Labute approximate surface area is 101 Å². The summed E-state index contributed by atoms with van der Waals surface area (Å²) in [7, 11) is 0. The standard InChI is InChI=1S/C10H17N.4H2O.Ti/c11-10-4-7-1-8(5-10)3-9(2-7)6-10;;;;;/h7-9H,1-6,11H2;4*1H2;/q;;;;;+4/p-4. The van der Waals surface area contributed by atoms with Crippen molar-refractivity contribution in [3.8, 4) is 0 Å². The minimum atomic E-state index is -5.00. The molecular weight excluding hydrogens is 246 g/mol. The normalized spacial score (nSPS) is 45.2. The average molecular weight is 267 g/mol. The summed E-state index contributed by atoms with van der Waals surface area (Å²) < 4.78 is 29.5. The van der Waals surface area contributed by atoms with Gasteiger partial charge in [0.2, 0.25) is 0 Å². The van der Waals surface area contributed by atoms with Crippen molar-refractivity contribution in [2.45, 2.75) is 44.1 Å². The van der Waals surface area contributed by atoms with E-state index in [1.807, 2.05) is 0 Å². The quantitative estimate of drug-likeness (QED) is 0.387. The molecule has 0 saturated heterocycles. The Morgan fingerprint density at radius 2 is 1.06 bits per heavy atom. The van der Waals surface area contributed by atoms with E-state index in [1.54, 1.807) is 0 Å². The number of nitrogens with two attached hydrogens (primary N) is 1. The summed E-state index contributed by atoms with van der Waals surface area (Å²) >= 11 is -5.00.